The van der Waals surface area contributed by atoms with Gasteiger partial charge in [-0.25, -0.2) is 4.79 Å². The van der Waals surface area contributed by atoms with Crippen molar-refractivity contribution in [3.05, 3.63) is 85.5 Å². The molecule has 0 aliphatic rings. The highest BCUT2D eigenvalue weighted by molar-refractivity contribution is 7.10. The normalized spacial score (nSPS) is 11.0. The quantitative estimate of drug-likeness (QED) is 0.383. The van der Waals surface area contributed by atoms with Crippen molar-refractivity contribution in [3.63, 3.8) is 0 Å². The number of benzene rings is 2. The van der Waals surface area contributed by atoms with E-state index >= 15 is 0 Å². The molecule has 30 heavy (non-hydrogen) atoms. The average molecular weight is 461 g/mol. The lowest BCUT2D eigenvalue weighted by Gasteiger charge is -2.23. The summed E-state index contributed by atoms with van der Waals surface area (Å²) in [6, 6.07) is 15.5. The molecular weight excluding hydrogens is 435 g/mol. The summed E-state index contributed by atoms with van der Waals surface area (Å²) in [5.74, 6) is 0.456. The summed E-state index contributed by atoms with van der Waals surface area (Å²) < 4.78 is 0. The van der Waals surface area contributed by atoms with E-state index in [0.29, 0.717) is 35.5 Å². The van der Waals surface area contributed by atoms with E-state index < -0.39 is 0 Å². The van der Waals surface area contributed by atoms with Crippen LogP contribution in [0.5, 0.6) is 0 Å². The standard InChI is InChI=1S/C24H26Cl2N2OS/c1-16(2)18-5-8-21(9-6-18)27-24(29)28(15-23-17(3)11-13-30-23)12-10-19-4-7-20(25)14-22(19)26/h4-9,11,13-14,16H,10,12,15H2,1-3H3,(H,27,29). The molecule has 0 aliphatic carbocycles. The minimum absolute atomic E-state index is 0.120. The van der Waals surface area contributed by atoms with Gasteiger partial charge in [-0.1, -0.05) is 55.2 Å². The van der Waals surface area contributed by atoms with Crippen molar-refractivity contribution in [1.29, 1.82) is 0 Å². The van der Waals surface area contributed by atoms with Crippen LogP contribution in [0.4, 0.5) is 10.5 Å². The smallest absolute Gasteiger partial charge is 0.319 e. The predicted octanol–water partition coefficient (Wildman–Crippen LogP) is 7.76. The molecule has 0 aliphatic heterocycles. The van der Waals surface area contributed by atoms with Crippen molar-refractivity contribution < 1.29 is 4.79 Å². The molecule has 0 atom stereocenters. The van der Waals surface area contributed by atoms with Crippen LogP contribution in [0.3, 0.4) is 0 Å². The van der Waals surface area contributed by atoms with Gasteiger partial charge in [0.2, 0.25) is 0 Å². The van der Waals surface area contributed by atoms with Crippen molar-refractivity contribution in [3.8, 4) is 0 Å². The first kappa shape index (κ1) is 22.7. The zero-order chi connectivity index (χ0) is 21.7. The third-order valence-electron chi connectivity index (χ3n) is 5.08. The van der Waals surface area contributed by atoms with Crippen LogP contribution in [0.1, 0.15) is 41.3 Å². The largest absolute Gasteiger partial charge is 0.322 e. The molecule has 0 radical (unpaired) electrons. The Morgan fingerprint density at radius 1 is 1.10 bits per heavy atom. The highest BCUT2D eigenvalue weighted by Gasteiger charge is 2.17. The lowest BCUT2D eigenvalue weighted by molar-refractivity contribution is 0.210. The number of thiophene rings is 1. The summed E-state index contributed by atoms with van der Waals surface area (Å²) in [5.41, 5.74) is 4.21. The van der Waals surface area contributed by atoms with Gasteiger partial charge >= 0.3 is 6.03 Å². The topological polar surface area (TPSA) is 32.3 Å². The summed E-state index contributed by atoms with van der Waals surface area (Å²) in [4.78, 5) is 16.1. The highest BCUT2D eigenvalue weighted by Crippen LogP contribution is 2.23. The van der Waals surface area contributed by atoms with Crippen LogP contribution < -0.4 is 5.32 Å². The summed E-state index contributed by atoms with van der Waals surface area (Å²) >= 11 is 14.0. The Bertz CT molecular complexity index is 999. The van der Waals surface area contributed by atoms with Crippen molar-refractivity contribution in [1.82, 2.24) is 4.90 Å². The summed E-state index contributed by atoms with van der Waals surface area (Å²) in [5, 5.41) is 6.33. The van der Waals surface area contributed by atoms with Gasteiger partial charge in [0.05, 0.1) is 6.54 Å². The SMILES string of the molecule is Cc1ccsc1CN(CCc1ccc(Cl)cc1Cl)C(=O)Nc1ccc(C(C)C)cc1. The fourth-order valence-electron chi connectivity index (χ4n) is 3.13. The Morgan fingerprint density at radius 3 is 2.43 bits per heavy atom. The minimum Gasteiger partial charge on any atom is -0.319 e. The highest BCUT2D eigenvalue weighted by atomic mass is 35.5. The number of rotatable bonds is 7. The van der Waals surface area contributed by atoms with Gasteiger partial charge in [0.15, 0.2) is 0 Å². The zero-order valence-corrected chi connectivity index (χ0v) is 19.7. The number of hydrogen-bond acceptors (Lipinski definition) is 2. The first-order chi connectivity index (χ1) is 14.3. The van der Waals surface area contributed by atoms with Crippen LogP contribution in [0.25, 0.3) is 0 Å². The van der Waals surface area contributed by atoms with Crippen LogP contribution >= 0.6 is 34.5 Å². The van der Waals surface area contributed by atoms with Gasteiger partial charge in [-0.3, -0.25) is 0 Å². The molecule has 3 aromatic rings. The number of carbonyl (C=O) groups is 1. The van der Waals surface area contributed by atoms with Crippen molar-refractivity contribution in [2.75, 3.05) is 11.9 Å². The van der Waals surface area contributed by atoms with Gasteiger partial charge in [-0.2, -0.15) is 0 Å². The van der Waals surface area contributed by atoms with Gasteiger partial charge in [0.1, 0.15) is 0 Å². The summed E-state index contributed by atoms with van der Waals surface area (Å²) in [7, 11) is 0. The van der Waals surface area contributed by atoms with Gasteiger partial charge in [-0.15, -0.1) is 11.3 Å². The minimum atomic E-state index is -0.120. The fraction of sp³-hybridized carbons (Fsp3) is 0.292. The maximum Gasteiger partial charge on any atom is 0.322 e. The molecule has 3 nitrogen and oxygen atoms in total. The van der Waals surface area contributed by atoms with Gasteiger partial charge in [0, 0.05) is 27.2 Å². The Kier molecular flexibility index (Phi) is 7.81. The third kappa shape index (κ3) is 6.00. The van der Waals surface area contributed by atoms with Crippen LogP contribution in [0, 0.1) is 6.92 Å². The molecule has 1 heterocycles. The lowest BCUT2D eigenvalue weighted by Crippen LogP contribution is -2.36. The predicted molar refractivity (Wildman–Crippen MR) is 129 cm³/mol. The molecule has 0 saturated carbocycles. The molecule has 0 saturated heterocycles. The molecule has 3 rings (SSSR count). The average Bonchev–Trinajstić information content (AvgIpc) is 3.11. The lowest BCUT2D eigenvalue weighted by atomic mass is 10.0. The molecule has 1 aromatic heterocycles. The van der Waals surface area contributed by atoms with E-state index in [2.05, 4.69) is 49.7 Å². The number of halogens is 2. The molecule has 0 bridgehead atoms. The number of carbonyl (C=O) groups excluding carboxylic acids is 1. The molecule has 158 valence electrons. The second-order valence-electron chi connectivity index (χ2n) is 7.64. The summed E-state index contributed by atoms with van der Waals surface area (Å²) in [6.07, 6.45) is 0.653. The molecule has 1 N–H and O–H groups in total. The Labute approximate surface area is 192 Å². The molecule has 0 unspecified atom stereocenters. The van der Waals surface area contributed by atoms with E-state index in [1.165, 1.54) is 16.0 Å². The second-order valence-corrected chi connectivity index (χ2v) is 9.49. The number of amides is 2. The Hall–Kier alpha value is -2.01. The Morgan fingerprint density at radius 2 is 1.83 bits per heavy atom. The van der Waals surface area contributed by atoms with Crippen LogP contribution in [0.2, 0.25) is 10.0 Å². The van der Waals surface area contributed by atoms with E-state index in [1.54, 1.807) is 17.4 Å². The summed E-state index contributed by atoms with van der Waals surface area (Å²) in [6.45, 7) is 7.49. The zero-order valence-electron chi connectivity index (χ0n) is 17.4. The molecule has 2 amide bonds. The maximum absolute atomic E-state index is 13.1. The van der Waals surface area contributed by atoms with E-state index in [9.17, 15) is 4.79 Å². The van der Waals surface area contributed by atoms with Gasteiger partial charge in [0.25, 0.3) is 0 Å². The van der Waals surface area contributed by atoms with Gasteiger partial charge in [-0.05, 0) is 71.7 Å². The van der Waals surface area contributed by atoms with E-state index in [0.717, 1.165) is 11.3 Å². The first-order valence-electron chi connectivity index (χ1n) is 9.96. The van der Waals surface area contributed by atoms with E-state index in [1.807, 2.05) is 29.2 Å². The number of nitrogens with zero attached hydrogens (tertiary/aromatic N) is 1. The molecule has 6 heteroatoms. The Balaban J connectivity index is 1.74. The monoisotopic (exact) mass is 460 g/mol. The number of anilines is 1. The van der Waals surface area contributed by atoms with Crippen LogP contribution in [-0.4, -0.2) is 17.5 Å². The molecular formula is C24H26Cl2N2OS. The van der Waals surface area contributed by atoms with Crippen molar-refractivity contribution in [2.45, 2.75) is 39.7 Å². The van der Waals surface area contributed by atoms with Crippen molar-refractivity contribution >= 4 is 46.3 Å². The van der Waals surface area contributed by atoms with Crippen LogP contribution in [0.15, 0.2) is 53.9 Å². The van der Waals surface area contributed by atoms with Crippen molar-refractivity contribution in [2.24, 2.45) is 0 Å². The van der Waals surface area contributed by atoms with E-state index in [4.69, 9.17) is 23.2 Å². The number of urea groups is 1. The molecule has 0 fully saturated rings. The number of hydrogen-bond donors (Lipinski definition) is 1. The molecule has 0 spiro atoms. The number of nitrogens with one attached hydrogen (secondary N) is 1. The fourth-order valence-corrected chi connectivity index (χ4v) is 4.55. The van der Waals surface area contributed by atoms with Gasteiger partial charge < -0.3 is 10.2 Å². The first-order valence-corrected chi connectivity index (χ1v) is 11.6. The molecule has 2 aromatic carbocycles. The van der Waals surface area contributed by atoms with E-state index in [-0.39, 0.29) is 6.03 Å². The third-order valence-corrected chi connectivity index (χ3v) is 6.68. The maximum atomic E-state index is 13.1. The second kappa shape index (κ2) is 10.3. The number of aryl methyl sites for hydroxylation is 1. The van der Waals surface area contributed by atoms with Crippen LogP contribution in [-0.2, 0) is 13.0 Å².